The summed E-state index contributed by atoms with van der Waals surface area (Å²) in [6, 6.07) is 17.6. The van der Waals surface area contributed by atoms with Crippen molar-refractivity contribution in [3.05, 3.63) is 60.2 Å². The number of ether oxygens (including phenoxy) is 2. The molecule has 27 heavy (non-hydrogen) atoms. The molecule has 0 bridgehead atoms. The maximum Gasteiger partial charge on any atom is 0.415 e. The highest BCUT2D eigenvalue weighted by atomic mass is 16.6. The van der Waals surface area contributed by atoms with Crippen LogP contribution >= 0.6 is 0 Å². The van der Waals surface area contributed by atoms with Gasteiger partial charge in [-0.1, -0.05) is 44.2 Å². The smallest absolute Gasteiger partial charge is 0.415 e. The zero-order valence-corrected chi connectivity index (χ0v) is 16.6. The van der Waals surface area contributed by atoms with Crippen LogP contribution in [0, 0.1) is 5.92 Å². The van der Waals surface area contributed by atoms with Gasteiger partial charge in [-0.2, -0.15) is 0 Å². The third-order valence-corrected chi connectivity index (χ3v) is 5.55. The number of carbonyl (C=O) groups excluding carboxylic acids is 1. The lowest BCUT2D eigenvalue weighted by Crippen LogP contribution is -2.50. The van der Waals surface area contributed by atoms with E-state index >= 15 is 0 Å². The predicted molar refractivity (Wildman–Crippen MR) is 107 cm³/mol. The van der Waals surface area contributed by atoms with Crippen molar-refractivity contribution in [2.45, 2.75) is 45.6 Å². The Balaban J connectivity index is 1.69. The molecule has 2 atom stereocenters. The molecule has 1 fully saturated rings. The molecule has 0 N–H and O–H groups in total. The molecule has 0 aliphatic carbocycles. The van der Waals surface area contributed by atoms with Crippen LogP contribution in [-0.2, 0) is 5.41 Å². The molecule has 0 aromatic heterocycles. The Kier molecular flexibility index (Phi) is 5.73. The third kappa shape index (κ3) is 4.44. The van der Waals surface area contributed by atoms with E-state index in [0.717, 1.165) is 12.2 Å². The Bertz CT molecular complexity index is 774. The van der Waals surface area contributed by atoms with Gasteiger partial charge in [0.2, 0.25) is 0 Å². The third-order valence-electron chi connectivity index (χ3n) is 5.55. The molecule has 1 saturated heterocycles. The van der Waals surface area contributed by atoms with Gasteiger partial charge in [0.25, 0.3) is 0 Å². The fourth-order valence-corrected chi connectivity index (χ4v) is 3.68. The Morgan fingerprint density at radius 3 is 2.48 bits per heavy atom. The number of rotatable bonds is 4. The van der Waals surface area contributed by atoms with E-state index in [1.165, 1.54) is 5.56 Å². The maximum absolute atomic E-state index is 12.5. The molecule has 4 nitrogen and oxygen atoms in total. The number of amides is 1. The van der Waals surface area contributed by atoms with Crippen molar-refractivity contribution in [1.82, 2.24) is 4.90 Å². The van der Waals surface area contributed by atoms with Crippen LogP contribution in [-0.4, -0.2) is 30.2 Å². The number of piperidine rings is 1. The Morgan fingerprint density at radius 1 is 1.11 bits per heavy atom. The molecule has 1 aliphatic rings. The van der Waals surface area contributed by atoms with Crippen molar-refractivity contribution in [1.29, 1.82) is 0 Å². The number of carbonyl (C=O) groups is 1. The summed E-state index contributed by atoms with van der Waals surface area (Å²) < 4.78 is 11.4. The SMILES string of the molecule is CC(C)Oc1cccc([C@@]2(C)CCN(C(=O)Oc3ccccc3)C[C@H]2C)c1. The summed E-state index contributed by atoms with van der Waals surface area (Å²) in [5, 5.41) is 0. The largest absolute Gasteiger partial charge is 0.491 e. The number of nitrogens with zero attached hydrogens (tertiary/aromatic N) is 1. The zero-order valence-electron chi connectivity index (χ0n) is 16.6. The van der Waals surface area contributed by atoms with E-state index in [1.54, 1.807) is 12.1 Å². The summed E-state index contributed by atoms with van der Waals surface area (Å²) in [7, 11) is 0. The highest BCUT2D eigenvalue weighted by molar-refractivity contribution is 5.71. The van der Waals surface area contributed by atoms with Crippen LogP contribution in [0.4, 0.5) is 4.79 Å². The van der Waals surface area contributed by atoms with E-state index in [0.29, 0.717) is 24.8 Å². The van der Waals surface area contributed by atoms with Crippen LogP contribution in [0.15, 0.2) is 54.6 Å². The summed E-state index contributed by atoms with van der Waals surface area (Å²) in [6.07, 6.45) is 0.774. The topological polar surface area (TPSA) is 38.8 Å². The molecule has 3 rings (SSSR count). The van der Waals surface area contributed by atoms with Crippen LogP contribution in [0.25, 0.3) is 0 Å². The fraction of sp³-hybridized carbons (Fsp3) is 0.435. The van der Waals surface area contributed by atoms with E-state index < -0.39 is 0 Å². The molecular weight excluding hydrogens is 338 g/mol. The first-order valence-corrected chi connectivity index (χ1v) is 9.67. The van der Waals surface area contributed by atoms with Crippen molar-refractivity contribution in [3.8, 4) is 11.5 Å². The second kappa shape index (κ2) is 8.03. The van der Waals surface area contributed by atoms with Crippen LogP contribution in [0.3, 0.4) is 0 Å². The van der Waals surface area contributed by atoms with Gasteiger partial charge in [-0.15, -0.1) is 0 Å². The average molecular weight is 367 g/mol. The van der Waals surface area contributed by atoms with Crippen molar-refractivity contribution >= 4 is 6.09 Å². The van der Waals surface area contributed by atoms with Crippen molar-refractivity contribution < 1.29 is 14.3 Å². The summed E-state index contributed by atoms with van der Waals surface area (Å²) in [4.78, 5) is 14.3. The van der Waals surface area contributed by atoms with Gasteiger partial charge in [-0.3, -0.25) is 0 Å². The molecular formula is C23H29NO3. The number of benzene rings is 2. The van der Waals surface area contributed by atoms with Crippen molar-refractivity contribution in [3.63, 3.8) is 0 Å². The van der Waals surface area contributed by atoms with Gasteiger partial charge in [0.1, 0.15) is 11.5 Å². The Labute approximate surface area is 162 Å². The zero-order chi connectivity index (χ0) is 19.4. The van der Waals surface area contributed by atoms with Gasteiger partial charge >= 0.3 is 6.09 Å². The van der Waals surface area contributed by atoms with Gasteiger partial charge in [-0.25, -0.2) is 4.79 Å². The van der Waals surface area contributed by atoms with E-state index in [4.69, 9.17) is 9.47 Å². The summed E-state index contributed by atoms with van der Waals surface area (Å²) >= 11 is 0. The van der Waals surface area contributed by atoms with E-state index in [9.17, 15) is 4.79 Å². The Morgan fingerprint density at radius 2 is 1.81 bits per heavy atom. The predicted octanol–water partition coefficient (Wildman–Crippen LogP) is 5.27. The number of likely N-dealkylation sites (tertiary alicyclic amines) is 1. The normalized spacial score (nSPS) is 22.6. The van der Waals surface area contributed by atoms with Crippen molar-refractivity contribution in [2.75, 3.05) is 13.1 Å². The molecule has 144 valence electrons. The minimum atomic E-state index is -0.271. The molecule has 0 spiro atoms. The first-order valence-electron chi connectivity index (χ1n) is 9.67. The number of hydrogen-bond acceptors (Lipinski definition) is 3. The Hall–Kier alpha value is -2.49. The monoisotopic (exact) mass is 367 g/mol. The molecule has 4 heteroatoms. The number of para-hydroxylation sites is 1. The van der Waals surface area contributed by atoms with Crippen LogP contribution in [0.2, 0.25) is 0 Å². The molecule has 0 saturated carbocycles. The van der Waals surface area contributed by atoms with Crippen LogP contribution in [0.5, 0.6) is 11.5 Å². The second-order valence-corrected chi connectivity index (χ2v) is 7.89. The summed E-state index contributed by atoms with van der Waals surface area (Å²) in [5.41, 5.74) is 1.27. The van der Waals surface area contributed by atoms with Gasteiger partial charge in [0.05, 0.1) is 6.10 Å². The lowest BCUT2D eigenvalue weighted by Gasteiger charge is -2.44. The molecule has 1 heterocycles. The molecule has 1 aliphatic heterocycles. The van der Waals surface area contributed by atoms with E-state index in [2.05, 4.69) is 32.0 Å². The standard InChI is InChI=1S/C23H29NO3/c1-17(2)26-21-12-8-9-19(15-21)23(4)13-14-24(16-18(23)3)22(25)27-20-10-6-5-7-11-20/h5-12,15,17-18H,13-14,16H2,1-4H3/t18-,23+/m1/s1. The molecule has 0 unspecified atom stereocenters. The second-order valence-electron chi connectivity index (χ2n) is 7.89. The first-order chi connectivity index (χ1) is 12.9. The minimum absolute atomic E-state index is 0.000123. The van der Waals surface area contributed by atoms with Crippen LogP contribution < -0.4 is 9.47 Å². The molecule has 1 amide bonds. The van der Waals surface area contributed by atoms with Crippen LogP contribution in [0.1, 0.15) is 39.7 Å². The van der Waals surface area contributed by atoms with Gasteiger partial charge < -0.3 is 14.4 Å². The fourth-order valence-electron chi connectivity index (χ4n) is 3.68. The van der Waals surface area contributed by atoms with E-state index in [1.807, 2.05) is 43.0 Å². The molecule has 2 aromatic carbocycles. The highest BCUT2D eigenvalue weighted by Gasteiger charge is 2.40. The molecule has 2 aromatic rings. The molecule has 0 radical (unpaired) electrons. The van der Waals surface area contributed by atoms with Gasteiger partial charge in [0, 0.05) is 13.1 Å². The summed E-state index contributed by atoms with van der Waals surface area (Å²) in [6.45, 7) is 9.92. The lowest BCUT2D eigenvalue weighted by molar-refractivity contribution is 0.0968. The summed E-state index contributed by atoms with van der Waals surface area (Å²) in [5.74, 6) is 1.80. The van der Waals surface area contributed by atoms with E-state index in [-0.39, 0.29) is 17.6 Å². The highest BCUT2D eigenvalue weighted by Crippen LogP contribution is 2.40. The quantitative estimate of drug-likeness (QED) is 0.739. The minimum Gasteiger partial charge on any atom is -0.491 e. The lowest BCUT2D eigenvalue weighted by atomic mass is 9.68. The first kappa shape index (κ1) is 19.3. The van der Waals surface area contributed by atoms with Gasteiger partial charge in [-0.05, 0) is 61.4 Å². The number of hydrogen-bond donors (Lipinski definition) is 0. The van der Waals surface area contributed by atoms with Gasteiger partial charge in [0.15, 0.2) is 0 Å². The maximum atomic E-state index is 12.5. The average Bonchev–Trinajstić information content (AvgIpc) is 2.64. The van der Waals surface area contributed by atoms with Crippen molar-refractivity contribution in [2.24, 2.45) is 5.92 Å².